The lowest BCUT2D eigenvalue weighted by Gasteiger charge is -2.08. The van der Waals surface area contributed by atoms with Gasteiger partial charge in [-0.05, 0) is 24.6 Å². The van der Waals surface area contributed by atoms with Crippen molar-refractivity contribution in [3.8, 4) is 0 Å². The molecule has 0 saturated heterocycles. The number of hydrogen-bond donors (Lipinski definition) is 2. The zero-order valence-corrected chi connectivity index (χ0v) is 13.0. The standard InChI is InChI=1S/C14H19BrN2O3/c1-2-3-9-20-14(19)17-8-7-16-13(18)11-5-4-6-12(15)10-11/h4-6,10H,2-3,7-9H2,1H3,(H,16,18)(H,17,19). The fourth-order valence-electron chi connectivity index (χ4n) is 1.43. The highest BCUT2D eigenvalue weighted by molar-refractivity contribution is 9.10. The molecule has 0 radical (unpaired) electrons. The molecular weight excluding hydrogens is 324 g/mol. The van der Waals surface area contributed by atoms with Crippen LogP contribution in [0.15, 0.2) is 28.7 Å². The highest BCUT2D eigenvalue weighted by atomic mass is 79.9. The summed E-state index contributed by atoms with van der Waals surface area (Å²) in [6.45, 7) is 3.14. The Morgan fingerprint density at radius 1 is 1.25 bits per heavy atom. The average molecular weight is 343 g/mol. The Labute approximate surface area is 127 Å². The van der Waals surface area contributed by atoms with Gasteiger partial charge in [0, 0.05) is 23.1 Å². The summed E-state index contributed by atoms with van der Waals surface area (Å²) in [5.74, 6) is -0.174. The van der Waals surface area contributed by atoms with Gasteiger partial charge in [-0.1, -0.05) is 35.3 Å². The molecule has 0 heterocycles. The summed E-state index contributed by atoms with van der Waals surface area (Å²) in [5.41, 5.74) is 0.574. The molecule has 6 heteroatoms. The van der Waals surface area contributed by atoms with E-state index in [9.17, 15) is 9.59 Å². The molecule has 2 N–H and O–H groups in total. The van der Waals surface area contributed by atoms with E-state index in [-0.39, 0.29) is 5.91 Å². The Morgan fingerprint density at radius 3 is 2.70 bits per heavy atom. The summed E-state index contributed by atoms with van der Waals surface area (Å²) >= 11 is 3.31. The van der Waals surface area contributed by atoms with Crippen molar-refractivity contribution in [3.05, 3.63) is 34.3 Å². The second kappa shape index (κ2) is 9.36. The van der Waals surface area contributed by atoms with E-state index < -0.39 is 6.09 Å². The average Bonchev–Trinajstić information content (AvgIpc) is 2.43. The van der Waals surface area contributed by atoms with Crippen LogP contribution >= 0.6 is 15.9 Å². The van der Waals surface area contributed by atoms with Crippen molar-refractivity contribution in [3.63, 3.8) is 0 Å². The molecule has 0 atom stereocenters. The van der Waals surface area contributed by atoms with Gasteiger partial charge in [-0.25, -0.2) is 4.79 Å². The molecule has 0 aromatic heterocycles. The third-order valence-electron chi connectivity index (χ3n) is 2.50. The minimum absolute atomic E-state index is 0.174. The third kappa shape index (κ3) is 6.56. The van der Waals surface area contributed by atoms with Gasteiger partial charge in [-0.3, -0.25) is 4.79 Å². The van der Waals surface area contributed by atoms with Gasteiger partial charge in [0.25, 0.3) is 5.91 Å². The fourth-order valence-corrected chi connectivity index (χ4v) is 1.83. The number of unbranched alkanes of at least 4 members (excludes halogenated alkanes) is 1. The van der Waals surface area contributed by atoms with E-state index in [0.717, 1.165) is 17.3 Å². The van der Waals surface area contributed by atoms with Crippen LogP contribution in [-0.2, 0) is 4.74 Å². The highest BCUT2D eigenvalue weighted by Crippen LogP contribution is 2.11. The lowest BCUT2D eigenvalue weighted by atomic mass is 10.2. The number of nitrogens with one attached hydrogen (secondary N) is 2. The number of alkyl carbamates (subject to hydrolysis) is 1. The number of carbonyl (C=O) groups is 2. The third-order valence-corrected chi connectivity index (χ3v) is 2.99. The molecule has 110 valence electrons. The summed E-state index contributed by atoms with van der Waals surface area (Å²) in [7, 11) is 0. The molecule has 0 saturated carbocycles. The first-order valence-electron chi connectivity index (χ1n) is 6.58. The topological polar surface area (TPSA) is 67.4 Å². The number of hydrogen-bond acceptors (Lipinski definition) is 3. The molecule has 2 amide bonds. The summed E-state index contributed by atoms with van der Waals surface area (Å²) in [5, 5.41) is 5.29. The maximum absolute atomic E-state index is 11.8. The van der Waals surface area contributed by atoms with Gasteiger partial charge in [0.2, 0.25) is 0 Å². The molecule has 0 aliphatic heterocycles. The van der Waals surface area contributed by atoms with Crippen LogP contribution in [0.5, 0.6) is 0 Å². The van der Waals surface area contributed by atoms with Crippen LogP contribution in [0, 0.1) is 0 Å². The predicted molar refractivity (Wildman–Crippen MR) is 80.7 cm³/mol. The lowest BCUT2D eigenvalue weighted by Crippen LogP contribution is -2.35. The first-order chi connectivity index (χ1) is 9.63. The van der Waals surface area contributed by atoms with Crippen LogP contribution in [0.3, 0.4) is 0 Å². The zero-order chi connectivity index (χ0) is 14.8. The van der Waals surface area contributed by atoms with E-state index in [0.29, 0.717) is 25.3 Å². The van der Waals surface area contributed by atoms with Gasteiger partial charge in [-0.15, -0.1) is 0 Å². The molecule has 0 bridgehead atoms. The van der Waals surface area contributed by atoms with Crippen molar-refractivity contribution in [2.75, 3.05) is 19.7 Å². The van der Waals surface area contributed by atoms with E-state index >= 15 is 0 Å². The summed E-state index contributed by atoms with van der Waals surface area (Å²) in [6, 6.07) is 7.11. The van der Waals surface area contributed by atoms with Gasteiger partial charge in [0.15, 0.2) is 0 Å². The van der Waals surface area contributed by atoms with Gasteiger partial charge in [-0.2, -0.15) is 0 Å². The van der Waals surface area contributed by atoms with Crippen molar-refractivity contribution in [1.29, 1.82) is 0 Å². The Hall–Kier alpha value is -1.56. The molecule has 0 aliphatic carbocycles. The maximum atomic E-state index is 11.8. The number of ether oxygens (including phenoxy) is 1. The van der Waals surface area contributed by atoms with Crippen LogP contribution in [-0.4, -0.2) is 31.7 Å². The molecular formula is C14H19BrN2O3. The Kier molecular flexibility index (Phi) is 7.72. The maximum Gasteiger partial charge on any atom is 0.407 e. The molecule has 0 unspecified atom stereocenters. The van der Waals surface area contributed by atoms with Gasteiger partial charge >= 0.3 is 6.09 Å². The molecule has 1 aromatic rings. The number of benzene rings is 1. The second-order valence-corrected chi connectivity index (χ2v) is 5.10. The number of rotatable bonds is 7. The minimum Gasteiger partial charge on any atom is -0.450 e. The van der Waals surface area contributed by atoms with E-state index in [2.05, 4.69) is 26.6 Å². The van der Waals surface area contributed by atoms with Crippen molar-refractivity contribution >= 4 is 27.9 Å². The Balaban J connectivity index is 2.18. The minimum atomic E-state index is -0.449. The van der Waals surface area contributed by atoms with E-state index in [1.807, 2.05) is 13.0 Å². The zero-order valence-electron chi connectivity index (χ0n) is 11.4. The van der Waals surface area contributed by atoms with Crippen LogP contribution in [0.4, 0.5) is 4.79 Å². The molecule has 0 spiro atoms. The summed E-state index contributed by atoms with van der Waals surface area (Å²) in [6.07, 6.45) is 1.39. The monoisotopic (exact) mass is 342 g/mol. The second-order valence-electron chi connectivity index (χ2n) is 4.18. The molecule has 1 rings (SSSR count). The van der Waals surface area contributed by atoms with Gasteiger partial charge < -0.3 is 15.4 Å². The highest BCUT2D eigenvalue weighted by Gasteiger charge is 2.05. The molecule has 0 aliphatic rings. The molecule has 20 heavy (non-hydrogen) atoms. The molecule has 5 nitrogen and oxygen atoms in total. The van der Waals surface area contributed by atoms with E-state index in [4.69, 9.17) is 4.74 Å². The lowest BCUT2D eigenvalue weighted by molar-refractivity contribution is 0.0952. The number of carbonyl (C=O) groups excluding carboxylic acids is 2. The Morgan fingerprint density at radius 2 is 2.00 bits per heavy atom. The smallest absolute Gasteiger partial charge is 0.407 e. The van der Waals surface area contributed by atoms with E-state index in [1.54, 1.807) is 18.2 Å². The Bertz CT molecular complexity index is 452. The van der Waals surface area contributed by atoms with Crippen LogP contribution in [0.1, 0.15) is 30.1 Å². The number of halogens is 1. The van der Waals surface area contributed by atoms with Crippen LogP contribution < -0.4 is 10.6 Å². The van der Waals surface area contributed by atoms with Crippen LogP contribution in [0.2, 0.25) is 0 Å². The number of amides is 2. The largest absolute Gasteiger partial charge is 0.450 e. The fraction of sp³-hybridized carbons (Fsp3) is 0.429. The predicted octanol–water partition coefficient (Wildman–Crippen LogP) is 2.71. The van der Waals surface area contributed by atoms with Gasteiger partial charge in [0.05, 0.1) is 6.61 Å². The SMILES string of the molecule is CCCCOC(=O)NCCNC(=O)c1cccc(Br)c1. The first-order valence-corrected chi connectivity index (χ1v) is 7.37. The van der Waals surface area contributed by atoms with Crippen molar-refractivity contribution in [2.24, 2.45) is 0 Å². The van der Waals surface area contributed by atoms with Gasteiger partial charge in [0.1, 0.15) is 0 Å². The van der Waals surface area contributed by atoms with Crippen molar-refractivity contribution < 1.29 is 14.3 Å². The van der Waals surface area contributed by atoms with Crippen molar-refractivity contribution in [2.45, 2.75) is 19.8 Å². The summed E-state index contributed by atoms with van der Waals surface area (Å²) in [4.78, 5) is 23.0. The normalized spacial score (nSPS) is 9.90. The van der Waals surface area contributed by atoms with Crippen molar-refractivity contribution in [1.82, 2.24) is 10.6 Å². The van der Waals surface area contributed by atoms with Crippen LogP contribution in [0.25, 0.3) is 0 Å². The quantitative estimate of drug-likeness (QED) is 0.748. The molecule has 1 aromatic carbocycles. The summed E-state index contributed by atoms with van der Waals surface area (Å²) < 4.78 is 5.77. The first kappa shape index (κ1) is 16.5. The van der Waals surface area contributed by atoms with E-state index in [1.165, 1.54) is 0 Å². The molecule has 0 fully saturated rings.